The fourth-order valence-electron chi connectivity index (χ4n) is 2.58. The summed E-state index contributed by atoms with van der Waals surface area (Å²) in [6.45, 7) is 3.72. The number of rotatable bonds is 9. The van der Waals surface area contributed by atoms with E-state index in [4.69, 9.17) is 4.74 Å². The third-order valence-corrected chi connectivity index (χ3v) is 3.84. The topological polar surface area (TPSA) is 86.1 Å². The molecule has 7 nitrogen and oxygen atoms in total. The lowest BCUT2D eigenvalue weighted by Crippen LogP contribution is -2.37. The van der Waals surface area contributed by atoms with Crippen LogP contribution in [0, 0.1) is 11.6 Å². The van der Waals surface area contributed by atoms with Crippen molar-refractivity contribution in [2.75, 3.05) is 6.61 Å². The molecule has 2 rings (SSSR count). The number of benzene rings is 1. The predicted octanol–water partition coefficient (Wildman–Crippen LogP) is 2.46. The molecule has 1 N–H and O–H groups in total. The van der Waals surface area contributed by atoms with E-state index in [1.807, 2.05) is 6.92 Å². The average molecular weight is 380 g/mol. The van der Waals surface area contributed by atoms with E-state index >= 15 is 0 Å². The van der Waals surface area contributed by atoms with Crippen LogP contribution >= 0.6 is 0 Å². The summed E-state index contributed by atoms with van der Waals surface area (Å²) >= 11 is 0. The Morgan fingerprint density at radius 1 is 1.26 bits per heavy atom. The number of hydrogen-bond donors (Lipinski definition) is 1. The van der Waals surface area contributed by atoms with Crippen LogP contribution in [0.4, 0.5) is 8.78 Å². The van der Waals surface area contributed by atoms with Crippen LogP contribution in [0.25, 0.3) is 0 Å². The van der Waals surface area contributed by atoms with Crippen LogP contribution in [0.5, 0.6) is 0 Å². The number of esters is 1. The van der Waals surface area contributed by atoms with Gasteiger partial charge in [-0.05, 0) is 25.5 Å². The zero-order chi connectivity index (χ0) is 19.8. The molecule has 0 aliphatic carbocycles. The molecule has 1 aromatic carbocycles. The van der Waals surface area contributed by atoms with Crippen LogP contribution in [0.3, 0.4) is 0 Å². The molecule has 9 heteroatoms. The highest BCUT2D eigenvalue weighted by Crippen LogP contribution is 2.13. The third-order valence-electron chi connectivity index (χ3n) is 3.84. The van der Waals surface area contributed by atoms with Crippen molar-refractivity contribution in [3.63, 3.8) is 0 Å². The van der Waals surface area contributed by atoms with E-state index in [-0.39, 0.29) is 30.8 Å². The van der Waals surface area contributed by atoms with E-state index in [2.05, 4.69) is 15.6 Å². The lowest BCUT2D eigenvalue weighted by molar-refractivity contribution is -0.143. The van der Waals surface area contributed by atoms with Gasteiger partial charge in [0.1, 0.15) is 11.6 Å². The number of aromatic nitrogens is 3. The Morgan fingerprint density at radius 2 is 1.96 bits per heavy atom. The summed E-state index contributed by atoms with van der Waals surface area (Å²) < 4.78 is 33.5. The molecule has 0 bridgehead atoms. The highest BCUT2D eigenvalue weighted by molar-refractivity contribution is 5.92. The fourth-order valence-corrected chi connectivity index (χ4v) is 2.58. The predicted molar refractivity (Wildman–Crippen MR) is 92.9 cm³/mol. The quantitative estimate of drug-likeness (QED) is 0.676. The Balaban J connectivity index is 2.03. The molecule has 1 aromatic heterocycles. The first-order chi connectivity index (χ1) is 12.9. The smallest absolute Gasteiger partial charge is 0.307 e. The van der Waals surface area contributed by atoms with Crippen molar-refractivity contribution in [3.8, 4) is 0 Å². The van der Waals surface area contributed by atoms with Gasteiger partial charge in [0.05, 0.1) is 25.8 Å². The molecule has 1 heterocycles. The van der Waals surface area contributed by atoms with Crippen LogP contribution in [0.2, 0.25) is 0 Å². The van der Waals surface area contributed by atoms with Gasteiger partial charge in [0.2, 0.25) is 0 Å². The molecular weight excluding hydrogens is 358 g/mol. The Bertz CT molecular complexity index is 774. The van der Waals surface area contributed by atoms with E-state index < -0.39 is 29.6 Å². The summed E-state index contributed by atoms with van der Waals surface area (Å²) in [5.74, 6) is -2.31. The normalized spacial score (nSPS) is 11.9. The summed E-state index contributed by atoms with van der Waals surface area (Å²) in [5, 5.41) is 10.2. The Labute approximate surface area is 155 Å². The first-order valence-corrected chi connectivity index (χ1v) is 8.74. The molecule has 146 valence electrons. The molecule has 0 spiro atoms. The molecule has 1 atom stereocenters. The zero-order valence-corrected chi connectivity index (χ0v) is 15.2. The average Bonchev–Trinajstić information content (AvgIpc) is 3.07. The van der Waals surface area contributed by atoms with Crippen molar-refractivity contribution in [3.05, 3.63) is 47.3 Å². The van der Waals surface area contributed by atoms with Crippen LogP contribution in [0.1, 0.15) is 49.2 Å². The van der Waals surface area contributed by atoms with Gasteiger partial charge in [0.15, 0.2) is 5.69 Å². The van der Waals surface area contributed by atoms with Crippen molar-refractivity contribution in [2.24, 2.45) is 0 Å². The molecule has 27 heavy (non-hydrogen) atoms. The van der Waals surface area contributed by atoms with Crippen molar-refractivity contribution < 1.29 is 23.1 Å². The summed E-state index contributed by atoms with van der Waals surface area (Å²) in [6.07, 6.45) is 2.72. The Kier molecular flexibility index (Phi) is 7.39. The van der Waals surface area contributed by atoms with Crippen LogP contribution in [-0.2, 0) is 16.1 Å². The minimum Gasteiger partial charge on any atom is -0.466 e. The van der Waals surface area contributed by atoms with Crippen molar-refractivity contribution in [1.29, 1.82) is 0 Å². The second kappa shape index (κ2) is 9.75. The van der Waals surface area contributed by atoms with Gasteiger partial charge in [-0.3, -0.25) is 9.59 Å². The molecular formula is C18H22F2N4O3. The third kappa shape index (κ3) is 5.83. The van der Waals surface area contributed by atoms with Crippen molar-refractivity contribution in [2.45, 2.75) is 45.7 Å². The lowest BCUT2D eigenvalue weighted by atomic mass is 10.1. The largest absolute Gasteiger partial charge is 0.466 e. The fraction of sp³-hybridized carbons (Fsp3) is 0.444. The summed E-state index contributed by atoms with van der Waals surface area (Å²) in [6, 6.07) is 3.17. The molecule has 0 unspecified atom stereocenters. The second-order valence-corrected chi connectivity index (χ2v) is 5.97. The first-order valence-electron chi connectivity index (χ1n) is 8.74. The number of carbonyl (C=O) groups is 2. The molecule has 0 saturated carbocycles. The Morgan fingerprint density at radius 3 is 2.59 bits per heavy atom. The summed E-state index contributed by atoms with van der Waals surface area (Å²) in [7, 11) is 0. The maximum atomic E-state index is 13.7. The number of hydrogen-bond acceptors (Lipinski definition) is 5. The maximum Gasteiger partial charge on any atom is 0.307 e. The maximum absolute atomic E-state index is 13.7. The van der Waals surface area contributed by atoms with Gasteiger partial charge < -0.3 is 10.1 Å². The van der Waals surface area contributed by atoms with E-state index in [0.717, 1.165) is 18.6 Å². The number of nitrogens with one attached hydrogen (secondary N) is 1. The number of halogens is 2. The number of amides is 1. The molecule has 2 aromatic rings. The van der Waals surface area contributed by atoms with Crippen LogP contribution in [-0.4, -0.2) is 39.5 Å². The van der Waals surface area contributed by atoms with Gasteiger partial charge in [0, 0.05) is 11.6 Å². The van der Waals surface area contributed by atoms with Crippen LogP contribution < -0.4 is 5.32 Å². The number of nitrogens with zero attached hydrogens (tertiary/aromatic N) is 3. The standard InChI is InChI=1S/C18H22F2N4O3/c1-3-6-12(9-17(25)27-4-2)21-18(26)16-11-24(23-22-16)10-13-14(19)7-5-8-15(13)20/h5,7-8,11-12H,3-4,6,9-10H2,1-2H3,(H,21,26)/t12-/m1/s1. The van der Waals surface area contributed by atoms with E-state index in [9.17, 15) is 18.4 Å². The molecule has 0 radical (unpaired) electrons. The molecule has 0 fully saturated rings. The van der Waals surface area contributed by atoms with Crippen molar-refractivity contribution in [1.82, 2.24) is 20.3 Å². The van der Waals surface area contributed by atoms with Gasteiger partial charge in [0.25, 0.3) is 5.91 Å². The lowest BCUT2D eigenvalue weighted by Gasteiger charge is -2.16. The summed E-state index contributed by atoms with van der Waals surface area (Å²) in [5.41, 5.74) is -0.169. The van der Waals surface area contributed by atoms with E-state index in [1.54, 1.807) is 6.92 Å². The molecule has 0 aliphatic rings. The zero-order valence-electron chi connectivity index (χ0n) is 15.2. The molecule has 0 aliphatic heterocycles. The minimum atomic E-state index is -0.700. The van der Waals surface area contributed by atoms with Gasteiger partial charge in [-0.15, -0.1) is 5.10 Å². The van der Waals surface area contributed by atoms with Crippen LogP contribution in [0.15, 0.2) is 24.4 Å². The monoisotopic (exact) mass is 380 g/mol. The molecule has 0 saturated heterocycles. The Hall–Kier alpha value is -2.84. The molecule has 1 amide bonds. The minimum absolute atomic E-state index is 0.00305. The van der Waals surface area contributed by atoms with Gasteiger partial charge in [-0.25, -0.2) is 13.5 Å². The van der Waals surface area contributed by atoms with Gasteiger partial charge in [-0.1, -0.05) is 24.6 Å². The van der Waals surface area contributed by atoms with Crippen molar-refractivity contribution >= 4 is 11.9 Å². The summed E-state index contributed by atoms with van der Waals surface area (Å²) in [4.78, 5) is 24.0. The highest BCUT2D eigenvalue weighted by Gasteiger charge is 2.20. The highest BCUT2D eigenvalue weighted by atomic mass is 19.1. The van der Waals surface area contributed by atoms with Gasteiger partial charge in [-0.2, -0.15) is 0 Å². The SMILES string of the molecule is CCC[C@H](CC(=O)OCC)NC(=O)c1cn(Cc2c(F)cccc2F)nn1. The van der Waals surface area contributed by atoms with E-state index in [0.29, 0.717) is 6.42 Å². The van der Waals surface area contributed by atoms with E-state index in [1.165, 1.54) is 16.9 Å². The first kappa shape index (κ1) is 20.5. The van der Waals surface area contributed by atoms with Gasteiger partial charge >= 0.3 is 5.97 Å². The second-order valence-electron chi connectivity index (χ2n) is 5.97. The number of carbonyl (C=O) groups excluding carboxylic acids is 2. The number of ether oxygens (including phenoxy) is 1.